The van der Waals surface area contributed by atoms with Gasteiger partial charge in [0.1, 0.15) is 0 Å². The van der Waals surface area contributed by atoms with Crippen LogP contribution in [0.25, 0.3) is 11.1 Å². The minimum absolute atomic E-state index is 0.213. The molecule has 3 aromatic rings. The Balaban J connectivity index is 1.45. The molecule has 0 atom stereocenters. The number of rotatable bonds is 4. The number of hydrogen-bond acceptors (Lipinski definition) is 2. The molecule has 3 aromatic carbocycles. The van der Waals surface area contributed by atoms with Gasteiger partial charge in [-0.3, -0.25) is 0 Å². The molecule has 1 fully saturated rings. The van der Waals surface area contributed by atoms with E-state index >= 15 is 0 Å². The van der Waals surface area contributed by atoms with E-state index in [1.54, 1.807) is 0 Å². The summed E-state index contributed by atoms with van der Waals surface area (Å²) in [5.74, 6) is 0. The normalized spacial score (nSPS) is 15.1. The average Bonchev–Trinajstić information content (AvgIpc) is 2.71. The highest BCUT2D eigenvalue weighted by Crippen LogP contribution is 2.26. The van der Waals surface area contributed by atoms with Crippen molar-refractivity contribution in [1.82, 2.24) is 0 Å². The second-order valence-electron chi connectivity index (χ2n) is 6.91. The van der Waals surface area contributed by atoms with E-state index in [9.17, 15) is 0 Å². The minimum Gasteiger partial charge on any atom is -0.348 e. The second-order valence-corrected chi connectivity index (χ2v) is 6.91. The van der Waals surface area contributed by atoms with Crippen LogP contribution in [-0.4, -0.2) is 13.2 Å². The first kappa shape index (κ1) is 17.0. The molecule has 0 bridgehead atoms. The van der Waals surface area contributed by atoms with Gasteiger partial charge in [0.05, 0.1) is 13.2 Å². The van der Waals surface area contributed by atoms with Crippen molar-refractivity contribution in [2.45, 2.75) is 26.1 Å². The van der Waals surface area contributed by atoms with Gasteiger partial charge in [0.25, 0.3) is 0 Å². The Morgan fingerprint density at radius 2 is 1.19 bits per heavy atom. The van der Waals surface area contributed by atoms with Gasteiger partial charge in [-0.2, -0.15) is 0 Å². The van der Waals surface area contributed by atoms with Crippen molar-refractivity contribution in [2.75, 3.05) is 13.2 Å². The highest BCUT2D eigenvalue weighted by Gasteiger charge is 2.16. The van der Waals surface area contributed by atoms with E-state index < -0.39 is 0 Å². The van der Waals surface area contributed by atoms with E-state index in [0.717, 1.165) is 31.6 Å². The van der Waals surface area contributed by atoms with Crippen molar-refractivity contribution in [3.8, 4) is 11.1 Å². The van der Waals surface area contributed by atoms with Gasteiger partial charge in [-0.1, -0.05) is 78.4 Å². The van der Waals surface area contributed by atoms with Crippen LogP contribution in [0, 0.1) is 6.92 Å². The van der Waals surface area contributed by atoms with Crippen molar-refractivity contribution >= 4 is 0 Å². The molecule has 132 valence electrons. The van der Waals surface area contributed by atoms with Crippen molar-refractivity contribution < 1.29 is 9.47 Å². The molecule has 0 aliphatic carbocycles. The smallest absolute Gasteiger partial charge is 0.183 e. The van der Waals surface area contributed by atoms with Gasteiger partial charge >= 0.3 is 0 Å². The maximum Gasteiger partial charge on any atom is 0.183 e. The third kappa shape index (κ3) is 4.04. The van der Waals surface area contributed by atoms with Crippen LogP contribution >= 0.6 is 0 Å². The molecule has 2 heteroatoms. The molecule has 0 amide bonds. The van der Waals surface area contributed by atoms with Crippen molar-refractivity contribution in [2.24, 2.45) is 0 Å². The molecule has 1 heterocycles. The fourth-order valence-corrected chi connectivity index (χ4v) is 3.27. The van der Waals surface area contributed by atoms with Gasteiger partial charge in [0.15, 0.2) is 6.29 Å². The molecule has 0 N–H and O–H groups in total. The first-order valence-corrected chi connectivity index (χ1v) is 9.26. The van der Waals surface area contributed by atoms with Gasteiger partial charge in [0, 0.05) is 5.56 Å². The van der Waals surface area contributed by atoms with Crippen LogP contribution in [0.15, 0.2) is 72.8 Å². The molecule has 1 aliphatic rings. The summed E-state index contributed by atoms with van der Waals surface area (Å²) in [6, 6.07) is 26.1. The fourth-order valence-electron chi connectivity index (χ4n) is 3.27. The molecule has 0 radical (unpaired) electrons. The van der Waals surface area contributed by atoms with Crippen LogP contribution in [0.3, 0.4) is 0 Å². The lowest BCUT2D eigenvalue weighted by Crippen LogP contribution is -2.17. The summed E-state index contributed by atoms with van der Waals surface area (Å²) in [6.07, 6.45) is 1.73. The second kappa shape index (κ2) is 7.86. The monoisotopic (exact) mass is 344 g/mol. The maximum absolute atomic E-state index is 5.67. The average molecular weight is 344 g/mol. The Labute approximate surface area is 155 Å². The van der Waals surface area contributed by atoms with E-state index in [2.05, 4.69) is 79.7 Å². The third-order valence-electron chi connectivity index (χ3n) is 4.83. The van der Waals surface area contributed by atoms with Crippen LogP contribution in [0.1, 0.15) is 35.0 Å². The SMILES string of the molecule is Cc1ccc(Cc2ccc(-c3ccc(C4OCCCO4)cc3)cc2)cc1. The summed E-state index contributed by atoms with van der Waals surface area (Å²) in [7, 11) is 0. The van der Waals surface area contributed by atoms with Crippen LogP contribution in [-0.2, 0) is 15.9 Å². The summed E-state index contributed by atoms with van der Waals surface area (Å²) in [6.45, 7) is 3.67. The zero-order valence-electron chi connectivity index (χ0n) is 15.2. The van der Waals surface area contributed by atoms with Crippen LogP contribution in [0.4, 0.5) is 0 Å². The number of aryl methyl sites for hydroxylation is 1. The Hall–Kier alpha value is -2.42. The number of ether oxygens (including phenoxy) is 2. The molecule has 1 saturated heterocycles. The Bertz CT molecular complexity index is 827. The summed E-state index contributed by atoms with van der Waals surface area (Å²) in [5, 5.41) is 0. The summed E-state index contributed by atoms with van der Waals surface area (Å²) >= 11 is 0. The zero-order chi connectivity index (χ0) is 17.8. The van der Waals surface area contributed by atoms with E-state index in [1.807, 2.05) is 0 Å². The summed E-state index contributed by atoms with van der Waals surface area (Å²) < 4.78 is 11.3. The molecule has 0 aromatic heterocycles. The van der Waals surface area contributed by atoms with Crippen molar-refractivity contribution in [3.05, 3.63) is 95.1 Å². The van der Waals surface area contributed by atoms with Gasteiger partial charge in [0.2, 0.25) is 0 Å². The summed E-state index contributed by atoms with van der Waals surface area (Å²) in [5.41, 5.74) is 7.51. The van der Waals surface area contributed by atoms with Crippen molar-refractivity contribution in [3.63, 3.8) is 0 Å². The fraction of sp³-hybridized carbons (Fsp3) is 0.250. The minimum atomic E-state index is -0.213. The molecule has 0 saturated carbocycles. The molecule has 1 aliphatic heterocycles. The summed E-state index contributed by atoms with van der Waals surface area (Å²) in [4.78, 5) is 0. The maximum atomic E-state index is 5.67. The van der Waals surface area contributed by atoms with E-state index in [4.69, 9.17) is 9.47 Å². The van der Waals surface area contributed by atoms with E-state index in [0.29, 0.717) is 0 Å². The highest BCUT2D eigenvalue weighted by atomic mass is 16.7. The quantitative estimate of drug-likeness (QED) is 0.605. The molecule has 0 spiro atoms. The predicted octanol–water partition coefficient (Wildman–Crippen LogP) is 5.69. The Kier molecular flexibility index (Phi) is 5.14. The standard InChI is InChI=1S/C24H24O2/c1-18-3-5-19(6-4-18)17-20-7-9-21(10-8-20)22-11-13-23(14-12-22)24-25-15-2-16-26-24/h3-14,24H,2,15-17H2,1H3. The predicted molar refractivity (Wildman–Crippen MR) is 105 cm³/mol. The lowest BCUT2D eigenvalue weighted by Gasteiger charge is -2.23. The molecule has 4 rings (SSSR count). The Morgan fingerprint density at radius 3 is 1.77 bits per heavy atom. The molecule has 2 nitrogen and oxygen atoms in total. The van der Waals surface area contributed by atoms with Crippen LogP contribution in [0.2, 0.25) is 0 Å². The molecular weight excluding hydrogens is 320 g/mol. The first-order chi connectivity index (χ1) is 12.8. The van der Waals surface area contributed by atoms with Gasteiger partial charge in [-0.25, -0.2) is 0 Å². The Morgan fingerprint density at radius 1 is 0.692 bits per heavy atom. The van der Waals surface area contributed by atoms with E-state index in [1.165, 1.54) is 27.8 Å². The van der Waals surface area contributed by atoms with Crippen LogP contribution < -0.4 is 0 Å². The van der Waals surface area contributed by atoms with Crippen LogP contribution in [0.5, 0.6) is 0 Å². The third-order valence-corrected chi connectivity index (χ3v) is 4.83. The molecule has 0 unspecified atom stereocenters. The molecular formula is C24H24O2. The topological polar surface area (TPSA) is 18.5 Å². The lowest BCUT2D eigenvalue weighted by atomic mass is 9.99. The first-order valence-electron chi connectivity index (χ1n) is 9.26. The van der Waals surface area contributed by atoms with E-state index in [-0.39, 0.29) is 6.29 Å². The van der Waals surface area contributed by atoms with Gasteiger partial charge in [-0.05, 0) is 42.0 Å². The highest BCUT2D eigenvalue weighted by molar-refractivity contribution is 5.64. The molecule has 26 heavy (non-hydrogen) atoms. The largest absolute Gasteiger partial charge is 0.348 e. The van der Waals surface area contributed by atoms with Gasteiger partial charge < -0.3 is 9.47 Å². The number of hydrogen-bond donors (Lipinski definition) is 0. The number of benzene rings is 3. The van der Waals surface area contributed by atoms with Crippen molar-refractivity contribution in [1.29, 1.82) is 0 Å². The zero-order valence-corrected chi connectivity index (χ0v) is 15.2. The lowest BCUT2D eigenvalue weighted by molar-refractivity contribution is -0.183. The van der Waals surface area contributed by atoms with Gasteiger partial charge in [-0.15, -0.1) is 0 Å².